The van der Waals surface area contributed by atoms with Crippen molar-refractivity contribution in [3.05, 3.63) is 0 Å². The fourth-order valence-corrected chi connectivity index (χ4v) is 2.37. The Morgan fingerprint density at radius 1 is 1.38 bits per heavy atom. The van der Waals surface area contributed by atoms with E-state index >= 15 is 0 Å². The molecule has 0 nitrogen and oxygen atoms in total. The molecule has 0 heterocycles. The molecule has 0 aliphatic heterocycles. The summed E-state index contributed by atoms with van der Waals surface area (Å²) in [6.45, 7) is 8.38. The van der Waals surface area contributed by atoms with E-state index in [0.29, 0.717) is 11.8 Å². The Bertz CT molecular complexity index is 132. The van der Waals surface area contributed by atoms with Crippen molar-refractivity contribution < 1.29 is 4.39 Å². The summed E-state index contributed by atoms with van der Waals surface area (Å²) in [5.74, 6) is 1.25. The van der Waals surface area contributed by atoms with Gasteiger partial charge in [0.1, 0.15) is 5.41 Å². The molecule has 0 spiro atoms. The van der Waals surface area contributed by atoms with Gasteiger partial charge in [0.25, 0.3) is 0 Å². The van der Waals surface area contributed by atoms with Crippen LogP contribution in [0.2, 0.25) is 0 Å². The summed E-state index contributed by atoms with van der Waals surface area (Å²) >= 11 is 0. The highest BCUT2D eigenvalue weighted by Crippen LogP contribution is 2.42. The van der Waals surface area contributed by atoms with E-state index < -0.39 is 5.41 Å². The predicted molar refractivity (Wildman–Crippen MR) is 61.7 cm³/mol. The first-order valence-electron chi connectivity index (χ1n) is 5.49. The van der Waals surface area contributed by atoms with E-state index in [4.69, 9.17) is 0 Å². The molecule has 0 bridgehead atoms. The zero-order chi connectivity index (χ0) is 10.5. The van der Waals surface area contributed by atoms with Crippen LogP contribution in [0.4, 0.5) is 4.39 Å². The van der Waals surface area contributed by atoms with Crippen molar-refractivity contribution in [2.75, 3.05) is 0 Å². The average molecular weight is 206 g/mol. The van der Waals surface area contributed by atoms with E-state index in [9.17, 15) is 4.39 Å². The Morgan fingerprint density at radius 3 is 2.23 bits per heavy atom. The first-order chi connectivity index (χ1) is 6.01. The molecular weight excluding hydrogens is 182 g/mol. The zero-order valence-electron chi connectivity index (χ0n) is 9.44. The molecule has 1 aliphatic rings. The van der Waals surface area contributed by atoms with Crippen molar-refractivity contribution in [2.45, 2.75) is 58.8 Å². The number of halogens is 1. The summed E-state index contributed by atoms with van der Waals surface area (Å²) in [5, 5.41) is -0.951. The Hall–Kier alpha value is 0.360. The number of rotatable bonds is 1. The summed E-state index contributed by atoms with van der Waals surface area (Å²) in [4.78, 5) is 0. The second kappa shape index (κ2) is 5.96. The van der Waals surface area contributed by atoms with E-state index in [1.165, 1.54) is 6.42 Å². The lowest BCUT2D eigenvalue weighted by Gasteiger charge is -2.33. The van der Waals surface area contributed by atoms with E-state index in [1.807, 2.05) is 13.8 Å². The second-order valence-electron chi connectivity index (χ2n) is 4.14. The molecule has 0 aromatic rings. The summed E-state index contributed by atoms with van der Waals surface area (Å²) in [7, 11) is 2.37. The Kier molecular flexibility index (Phi) is 6.12. The molecule has 0 N–H and O–H groups in total. The second-order valence-corrected chi connectivity index (χ2v) is 5.17. The molecule has 1 fully saturated rings. The predicted octanol–water partition coefficient (Wildman–Crippen LogP) is 4.40. The minimum Gasteiger partial charge on any atom is -0.240 e. The molecule has 3 unspecified atom stereocenters. The molecule has 80 valence electrons. The molecular formula is C11H24FP. The molecule has 0 aromatic carbocycles. The van der Waals surface area contributed by atoms with Gasteiger partial charge in [0.05, 0.1) is 0 Å². The normalized spacial score (nSPS) is 33.9. The van der Waals surface area contributed by atoms with Gasteiger partial charge in [0, 0.05) is 0 Å². The Balaban J connectivity index is 0.000000671. The van der Waals surface area contributed by atoms with Gasteiger partial charge in [0.2, 0.25) is 0 Å². The lowest BCUT2D eigenvalue weighted by atomic mass is 9.80. The number of hydrogen-bond donors (Lipinski definition) is 0. The van der Waals surface area contributed by atoms with Gasteiger partial charge >= 0.3 is 0 Å². The Morgan fingerprint density at radius 2 is 1.92 bits per heavy atom. The van der Waals surface area contributed by atoms with Gasteiger partial charge in [0.15, 0.2) is 0 Å². The highest BCUT2D eigenvalue weighted by Gasteiger charge is 2.32. The van der Waals surface area contributed by atoms with Crippen molar-refractivity contribution in [1.82, 2.24) is 0 Å². The first kappa shape index (κ1) is 13.4. The van der Waals surface area contributed by atoms with Crippen LogP contribution in [0.3, 0.4) is 0 Å². The topological polar surface area (TPSA) is 0 Å². The van der Waals surface area contributed by atoms with Gasteiger partial charge in [-0.25, -0.2) is 4.39 Å². The molecule has 2 heteroatoms. The molecule has 3 atom stereocenters. The van der Waals surface area contributed by atoms with Crippen LogP contribution in [0, 0.1) is 11.8 Å². The molecule has 0 aromatic heterocycles. The number of hydrogen-bond acceptors (Lipinski definition) is 0. The van der Waals surface area contributed by atoms with Gasteiger partial charge in [-0.2, -0.15) is 0 Å². The fourth-order valence-electron chi connectivity index (χ4n) is 1.87. The maximum absolute atomic E-state index is 13.4. The summed E-state index contributed by atoms with van der Waals surface area (Å²) in [6, 6.07) is 0. The van der Waals surface area contributed by atoms with Crippen LogP contribution in [-0.2, 0) is 0 Å². The van der Waals surface area contributed by atoms with Crippen LogP contribution < -0.4 is 0 Å². The molecule has 0 amide bonds. The van der Waals surface area contributed by atoms with Crippen molar-refractivity contribution >= 4 is 9.24 Å². The van der Waals surface area contributed by atoms with Crippen LogP contribution in [0.15, 0.2) is 0 Å². The standard InChI is InChI=1S/C9H18FP.C2H6/c1-7(2)8-4-3-5-9(10,11)6-8;1-2/h7-8H,3-6,11H2,1-2H3;1-2H3. The van der Waals surface area contributed by atoms with Crippen molar-refractivity contribution in [3.8, 4) is 0 Å². The third-order valence-electron chi connectivity index (χ3n) is 2.71. The molecule has 1 aliphatic carbocycles. The van der Waals surface area contributed by atoms with Gasteiger partial charge in [-0.1, -0.05) is 36.9 Å². The maximum Gasteiger partial charge on any atom is 0.124 e. The smallest absolute Gasteiger partial charge is 0.124 e. The van der Waals surface area contributed by atoms with E-state index in [-0.39, 0.29) is 0 Å². The largest absolute Gasteiger partial charge is 0.240 e. The molecule has 0 radical (unpaired) electrons. The summed E-state index contributed by atoms with van der Waals surface area (Å²) in [6.07, 6.45) is 3.76. The van der Waals surface area contributed by atoms with Crippen LogP contribution in [-0.4, -0.2) is 5.41 Å². The van der Waals surface area contributed by atoms with E-state index in [0.717, 1.165) is 19.3 Å². The summed E-state index contributed by atoms with van der Waals surface area (Å²) in [5.41, 5.74) is 0. The fraction of sp³-hybridized carbons (Fsp3) is 1.00. The minimum atomic E-state index is -0.951. The zero-order valence-corrected chi connectivity index (χ0v) is 10.6. The lowest BCUT2D eigenvalue weighted by molar-refractivity contribution is 0.138. The first-order valence-corrected chi connectivity index (χ1v) is 6.07. The highest BCUT2D eigenvalue weighted by atomic mass is 31.0. The van der Waals surface area contributed by atoms with Gasteiger partial charge < -0.3 is 0 Å². The molecule has 13 heavy (non-hydrogen) atoms. The van der Waals surface area contributed by atoms with Crippen molar-refractivity contribution in [1.29, 1.82) is 0 Å². The molecule has 0 saturated heterocycles. The molecule has 1 saturated carbocycles. The van der Waals surface area contributed by atoms with Gasteiger partial charge in [-0.05, 0) is 37.5 Å². The molecule has 1 rings (SSSR count). The lowest BCUT2D eigenvalue weighted by Crippen LogP contribution is -2.27. The highest BCUT2D eigenvalue weighted by molar-refractivity contribution is 7.18. The van der Waals surface area contributed by atoms with E-state index in [1.54, 1.807) is 0 Å². The van der Waals surface area contributed by atoms with Gasteiger partial charge in [-0.15, -0.1) is 0 Å². The average Bonchev–Trinajstić information content (AvgIpc) is 2.06. The summed E-state index contributed by atoms with van der Waals surface area (Å²) < 4.78 is 13.4. The monoisotopic (exact) mass is 206 g/mol. The SMILES string of the molecule is CC.CC(C)C1CCCC(F)(P)C1. The third kappa shape index (κ3) is 4.96. The maximum atomic E-state index is 13.4. The van der Waals surface area contributed by atoms with Crippen LogP contribution >= 0.6 is 9.24 Å². The quantitative estimate of drug-likeness (QED) is 0.558. The van der Waals surface area contributed by atoms with E-state index in [2.05, 4.69) is 23.1 Å². The van der Waals surface area contributed by atoms with Crippen LogP contribution in [0.25, 0.3) is 0 Å². The van der Waals surface area contributed by atoms with Crippen molar-refractivity contribution in [2.24, 2.45) is 11.8 Å². The van der Waals surface area contributed by atoms with Crippen LogP contribution in [0.1, 0.15) is 53.4 Å². The van der Waals surface area contributed by atoms with Crippen LogP contribution in [0.5, 0.6) is 0 Å². The Labute approximate surface area is 84.9 Å². The third-order valence-corrected chi connectivity index (χ3v) is 3.24. The number of alkyl halides is 1. The minimum absolute atomic E-state index is 0.603. The van der Waals surface area contributed by atoms with Crippen molar-refractivity contribution in [3.63, 3.8) is 0 Å². The van der Waals surface area contributed by atoms with Gasteiger partial charge in [-0.3, -0.25) is 0 Å².